The van der Waals surface area contributed by atoms with Gasteiger partial charge in [-0.1, -0.05) is 12.1 Å². The molecule has 3 heterocycles. The number of ketones is 1. The van der Waals surface area contributed by atoms with Crippen LogP contribution in [0.2, 0.25) is 0 Å². The van der Waals surface area contributed by atoms with Crippen molar-refractivity contribution in [3.05, 3.63) is 41.4 Å². The Bertz CT molecular complexity index is 793. The lowest BCUT2D eigenvalue weighted by atomic mass is 9.89. The molecule has 2 aromatic rings. The molecule has 2 aliphatic rings. The third-order valence-corrected chi connectivity index (χ3v) is 5.41. The lowest BCUT2D eigenvalue weighted by molar-refractivity contribution is -0.116. The normalized spacial score (nSPS) is 22.6. The van der Waals surface area contributed by atoms with Crippen LogP contribution in [0.1, 0.15) is 29.6 Å². The molecule has 0 bridgehead atoms. The van der Waals surface area contributed by atoms with E-state index in [4.69, 9.17) is 4.74 Å². The minimum Gasteiger partial charge on any atom is -0.485 e. The van der Waals surface area contributed by atoms with Crippen LogP contribution >= 0.6 is 11.3 Å². The molecule has 7 heteroatoms. The van der Waals surface area contributed by atoms with Crippen molar-refractivity contribution in [3.63, 3.8) is 0 Å². The van der Waals surface area contributed by atoms with Crippen LogP contribution < -0.4 is 10.1 Å². The Kier molecular flexibility index (Phi) is 4.27. The van der Waals surface area contributed by atoms with Crippen LogP contribution in [0.25, 0.3) is 0 Å². The summed E-state index contributed by atoms with van der Waals surface area (Å²) in [5.74, 6) is 0.786. The van der Waals surface area contributed by atoms with Gasteiger partial charge in [0.2, 0.25) is 5.91 Å². The molecule has 1 spiro atoms. The average molecular weight is 357 g/mol. The molecule has 0 radical (unpaired) electrons. The van der Waals surface area contributed by atoms with E-state index in [2.05, 4.69) is 15.2 Å². The smallest absolute Gasteiger partial charge is 0.227 e. The number of thiazole rings is 1. The fourth-order valence-electron chi connectivity index (χ4n) is 3.52. The Balaban J connectivity index is 1.34. The highest BCUT2D eigenvalue weighted by Crippen LogP contribution is 2.38. The number of fused-ring (bicyclic) bond motifs is 1. The first-order valence-electron chi connectivity index (χ1n) is 8.37. The molecule has 1 saturated heterocycles. The quantitative estimate of drug-likeness (QED) is 0.911. The van der Waals surface area contributed by atoms with Crippen LogP contribution in [-0.4, -0.2) is 46.8 Å². The van der Waals surface area contributed by atoms with E-state index in [-0.39, 0.29) is 11.7 Å². The van der Waals surface area contributed by atoms with Crippen molar-refractivity contribution < 1.29 is 14.3 Å². The number of nitrogens with one attached hydrogen (secondary N) is 1. The molecule has 130 valence electrons. The number of para-hydroxylation sites is 1. The molecule has 25 heavy (non-hydrogen) atoms. The first-order valence-corrected chi connectivity index (χ1v) is 9.24. The van der Waals surface area contributed by atoms with E-state index >= 15 is 0 Å². The molecular formula is C18H19N3O3S. The summed E-state index contributed by atoms with van der Waals surface area (Å²) in [5, 5.41) is 5.25. The molecule has 1 N–H and O–H groups in total. The monoisotopic (exact) mass is 357 g/mol. The Hall–Kier alpha value is -2.25. The second-order valence-corrected chi connectivity index (χ2v) is 7.44. The molecule has 6 nitrogen and oxygen atoms in total. The maximum absolute atomic E-state index is 12.4. The van der Waals surface area contributed by atoms with Crippen LogP contribution in [0, 0.1) is 0 Å². The van der Waals surface area contributed by atoms with Gasteiger partial charge in [-0.25, -0.2) is 4.98 Å². The number of likely N-dealkylation sites (tertiary alicyclic amines) is 1. The van der Waals surface area contributed by atoms with Gasteiger partial charge in [0.05, 0.1) is 12.0 Å². The van der Waals surface area contributed by atoms with Crippen molar-refractivity contribution in [2.75, 3.05) is 25.0 Å². The molecule has 1 atom stereocenters. The minimum absolute atomic E-state index is 0.0399. The zero-order chi connectivity index (χ0) is 17.3. The van der Waals surface area contributed by atoms with E-state index < -0.39 is 5.60 Å². The fourth-order valence-corrected chi connectivity index (χ4v) is 4.06. The first kappa shape index (κ1) is 16.2. The summed E-state index contributed by atoms with van der Waals surface area (Å²) in [4.78, 5) is 30.7. The maximum atomic E-state index is 12.4. The van der Waals surface area contributed by atoms with Crippen LogP contribution in [-0.2, 0) is 4.79 Å². The van der Waals surface area contributed by atoms with Crippen LogP contribution in [0.15, 0.2) is 35.8 Å². The SMILES string of the molecule is O=C(CCN1CC[C@@]2(CC(=O)c3ccccc3O2)C1)Nc1nccs1. The summed E-state index contributed by atoms with van der Waals surface area (Å²) < 4.78 is 6.20. The lowest BCUT2D eigenvalue weighted by Gasteiger charge is -2.34. The fraction of sp³-hybridized carbons (Fsp3) is 0.389. The number of carbonyl (C=O) groups is 2. The van der Waals surface area contributed by atoms with Gasteiger partial charge in [0.15, 0.2) is 10.9 Å². The Morgan fingerprint density at radius 2 is 2.28 bits per heavy atom. The molecule has 1 aromatic heterocycles. The van der Waals surface area contributed by atoms with E-state index in [0.717, 1.165) is 13.0 Å². The van der Waals surface area contributed by atoms with Crippen molar-refractivity contribution in [1.29, 1.82) is 0 Å². The largest absolute Gasteiger partial charge is 0.485 e. The molecule has 0 unspecified atom stereocenters. The Morgan fingerprint density at radius 1 is 1.40 bits per heavy atom. The first-order chi connectivity index (χ1) is 12.1. The van der Waals surface area contributed by atoms with Gasteiger partial charge in [0.25, 0.3) is 0 Å². The molecule has 4 rings (SSSR count). The summed E-state index contributed by atoms with van der Waals surface area (Å²) >= 11 is 1.41. The molecular weight excluding hydrogens is 338 g/mol. The van der Waals surface area contributed by atoms with Gasteiger partial charge in [0, 0.05) is 44.1 Å². The highest BCUT2D eigenvalue weighted by molar-refractivity contribution is 7.13. The van der Waals surface area contributed by atoms with E-state index in [1.807, 2.05) is 29.6 Å². The van der Waals surface area contributed by atoms with Crippen molar-refractivity contribution in [1.82, 2.24) is 9.88 Å². The van der Waals surface area contributed by atoms with E-state index in [0.29, 0.717) is 42.4 Å². The number of Topliss-reactive ketones (excluding diaryl/α,β-unsaturated/α-hetero) is 1. The number of benzene rings is 1. The third-order valence-electron chi connectivity index (χ3n) is 4.73. The summed E-state index contributed by atoms with van der Waals surface area (Å²) in [6.45, 7) is 2.16. The van der Waals surface area contributed by atoms with E-state index in [1.54, 1.807) is 6.20 Å². The third kappa shape index (κ3) is 3.43. The van der Waals surface area contributed by atoms with Crippen molar-refractivity contribution in [2.45, 2.75) is 24.9 Å². The van der Waals surface area contributed by atoms with Gasteiger partial charge >= 0.3 is 0 Å². The van der Waals surface area contributed by atoms with Crippen LogP contribution in [0.5, 0.6) is 5.75 Å². The number of ether oxygens (including phenoxy) is 1. The minimum atomic E-state index is -0.447. The van der Waals surface area contributed by atoms with Gasteiger partial charge in [-0.3, -0.25) is 14.5 Å². The molecule has 1 aromatic carbocycles. The average Bonchev–Trinajstić information content (AvgIpc) is 3.23. The van der Waals surface area contributed by atoms with Crippen LogP contribution in [0.3, 0.4) is 0 Å². The number of carbonyl (C=O) groups excluding carboxylic acids is 2. The number of hydrogen-bond acceptors (Lipinski definition) is 6. The van der Waals surface area contributed by atoms with Gasteiger partial charge in [0.1, 0.15) is 11.4 Å². The topological polar surface area (TPSA) is 71.5 Å². The molecule has 1 fully saturated rings. The maximum Gasteiger partial charge on any atom is 0.227 e. The Labute approximate surface area is 149 Å². The zero-order valence-corrected chi connectivity index (χ0v) is 14.6. The van der Waals surface area contributed by atoms with Crippen molar-refractivity contribution in [3.8, 4) is 5.75 Å². The standard InChI is InChI=1S/C18H19N3O3S/c22-14-11-18(24-15-4-2-1-3-13(14)15)6-9-21(12-18)8-5-16(23)20-17-19-7-10-25-17/h1-4,7,10H,5-6,8-9,11-12H2,(H,19,20,23)/t18-/m1/s1. The number of hydrogen-bond donors (Lipinski definition) is 1. The summed E-state index contributed by atoms with van der Waals surface area (Å²) in [7, 11) is 0. The Morgan fingerprint density at radius 3 is 3.12 bits per heavy atom. The lowest BCUT2D eigenvalue weighted by Crippen LogP contribution is -2.44. The number of amides is 1. The predicted molar refractivity (Wildman–Crippen MR) is 95.2 cm³/mol. The highest BCUT2D eigenvalue weighted by atomic mass is 32.1. The number of anilines is 1. The summed E-state index contributed by atoms with van der Waals surface area (Å²) in [6.07, 6.45) is 3.28. The number of rotatable bonds is 4. The number of nitrogens with zero attached hydrogens (tertiary/aromatic N) is 2. The zero-order valence-electron chi connectivity index (χ0n) is 13.7. The van der Waals surface area contributed by atoms with Crippen molar-refractivity contribution >= 4 is 28.2 Å². The predicted octanol–water partition coefficient (Wildman–Crippen LogP) is 2.58. The van der Waals surface area contributed by atoms with Crippen LogP contribution in [0.4, 0.5) is 5.13 Å². The summed E-state index contributed by atoms with van der Waals surface area (Å²) in [5.41, 5.74) is 0.228. The molecule has 1 amide bonds. The van der Waals surface area contributed by atoms with Gasteiger partial charge in [-0.15, -0.1) is 11.3 Å². The molecule has 0 saturated carbocycles. The van der Waals surface area contributed by atoms with Gasteiger partial charge in [-0.05, 0) is 12.1 Å². The van der Waals surface area contributed by atoms with Gasteiger partial charge < -0.3 is 10.1 Å². The van der Waals surface area contributed by atoms with E-state index in [1.165, 1.54) is 11.3 Å². The van der Waals surface area contributed by atoms with E-state index in [9.17, 15) is 9.59 Å². The van der Waals surface area contributed by atoms with Crippen molar-refractivity contribution in [2.24, 2.45) is 0 Å². The molecule has 2 aliphatic heterocycles. The second kappa shape index (κ2) is 6.57. The number of aromatic nitrogens is 1. The molecule has 0 aliphatic carbocycles. The summed E-state index contributed by atoms with van der Waals surface area (Å²) in [6, 6.07) is 7.43. The van der Waals surface area contributed by atoms with Gasteiger partial charge in [-0.2, -0.15) is 0 Å². The highest BCUT2D eigenvalue weighted by Gasteiger charge is 2.45. The second-order valence-electron chi connectivity index (χ2n) is 6.54.